The quantitative estimate of drug-likeness (QED) is 0.248. The number of Topliss-reactive ketones (excluding diaryl/α,β-unsaturated/α-hetero) is 1. The molecule has 2 heterocycles. The molecule has 5 rings (SSSR count). The van der Waals surface area contributed by atoms with Crippen LogP contribution >= 0.6 is 11.8 Å². The lowest BCUT2D eigenvalue weighted by Gasteiger charge is -2.32. The molecule has 0 saturated heterocycles. The van der Waals surface area contributed by atoms with Crippen LogP contribution in [0, 0.1) is 10.1 Å². The van der Waals surface area contributed by atoms with Gasteiger partial charge in [-0.2, -0.15) is 0 Å². The Bertz CT molecular complexity index is 1350. The van der Waals surface area contributed by atoms with Crippen molar-refractivity contribution in [1.82, 2.24) is 9.97 Å². The van der Waals surface area contributed by atoms with Crippen LogP contribution in [-0.2, 0) is 10.5 Å². The summed E-state index contributed by atoms with van der Waals surface area (Å²) in [6.07, 6.45) is 1.75. The number of benzene rings is 2. The number of carbonyl (C=O) groups excluding carboxylic acids is 1. The average Bonchev–Trinajstić information content (AvgIpc) is 2.82. The Morgan fingerprint density at radius 1 is 1.09 bits per heavy atom. The Morgan fingerprint density at radius 3 is 2.70 bits per heavy atom. The molecule has 9 heteroatoms. The Hall–Kier alpha value is -3.72. The molecule has 2 N–H and O–H groups in total. The van der Waals surface area contributed by atoms with Gasteiger partial charge in [-0.15, -0.1) is 0 Å². The van der Waals surface area contributed by atoms with Gasteiger partial charge < -0.3 is 10.3 Å². The van der Waals surface area contributed by atoms with E-state index in [4.69, 9.17) is 0 Å². The maximum atomic E-state index is 13.3. The van der Waals surface area contributed by atoms with Crippen LogP contribution in [-0.4, -0.2) is 20.7 Å². The molecule has 1 atom stereocenters. The van der Waals surface area contributed by atoms with Crippen molar-refractivity contribution in [3.63, 3.8) is 0 Å². The van der Waals surface area contributed by atoms with E-state index in [0.717, 1.165) is 11.3 Å². The Kier molecular flexibility index (Phi) is 5.55. The number of aromatic amines is 1. The highest BCUT2D eigenvalue weighted by Gasteiger charge is 2.38. The topological polar surface area (TPSA) is 118 Å². The predicted octanol–water partition coefficient (Wildman–Crippen LogP) is 4.53. The van der Waals surface area contributed by atoms with Gasteiger partial charge in [0.2, 0.25) is 0 Å². The van der Waals surface area contributed by atoms with E-state index in [0.29, 0.717) is 52.7 Å². The fraction of sp³-hybridized carbons (Fsp3) is 0.208. The number of anilines is 1. The number of carbonyl (C=O) groups is 1. The maximum Gasteiger partial charge on any atom is 0.269 e. The molecule has 33 heavy (non-hydrogen) atoms. The summed E-state index contributed by atoms with van der Waals surface area (Å²) in [5.41, 5.74) is 2.76. The monoisotopic (exact) mass is 460 g/mol. The number of nitrogens with zero attached hydrogens (tertiary/aromatic N) is 2. The lowest BCUT2D eigenvalue weighted by molar-refractivity contribution is -0.384. The Balaban J connectivity index is 1.59. The van der Waals surface area contributed by atoms with Gasteiger partial charge >= 0.3 is 0 Å². The second-order valence-corrected chi connectivity index (χ2v) is 8.95. The molecule has 8 nitrogen and oxygen atoms in total. The highest BCUT2D eigenvalue weighted by atomic mass is 32.2. The van der Waals surface area contributed by atoms with Gasteiger partial charge in [0, 0.05) is 41.5 Å². The second-order valence-electron chi connectivity index (χ2n) is 7.99. The van der Waals surface area contributed by atoms with Gasteiger partial charge in [0.25, 0.3) is 11.2 Å². The summed E-state index contributed by atoms with van der Waals surface area (Å²) in [7, 11) is 0. The van der Waals surface area contributed by atoms with Gasteiger partial charge in [-0.25, -0.2) is 4.98 Å². The molecule has 1 aromatic heterocycles. The van der Waals surface area contributed by atoms with E-state index in [9.17, 15) is 19.7 Å². The van der Waals surface area contributed by atoms with Crippen LogP contribution in [0.5, 0.6) is 0 Å². The van der Waals surface area contributed by atoms with Crippen LogP contribution in [0.15, 0.2) is 75.8 Å². The van der Waals surface area contributed by atoms with Crippen LogP contribution in [0.4, 0.5) is 11.5 Å². The smallest absolute Gasteiger partial charge is 0.269 e. The van der Waals surface area contributed by atoms with Crippen LogP contribution in [0.1, 0.15) is 41.9 Å². The number of non-ortho nitro benzene ring substituents is 1. The fourth-order valence-electron chi connectivity index (χ4n) is 4.39. The van der Waals surface area contributed by atoms with E-state index in [1.54, 1.807) is 12.1 Å². The molecular formula is C24H20N4O4S. The number of thioether (sulfide) groups is 1. The van der Waals surface area contributed by atoms with Gasteiger partial charge in [0.15, 0.2) is 10.9 Å². The molecule has 0 saturated carbocycles. The Labute approximate surface area is 193 Å². The first-order valence-corrected chi connectivity index (χ1v) is 11.6. The minimum Gasteiger partial charge on any atom is -0.343 e. The number of hydrogen-bond donors (Lipinski definition) is 2. The van der Waals surface area contributed by atoms with Crippen LogP contribution in [0.25, 0.3) is 0 Å². The van der Waals surface area contributed by atoms with Crippen molar-refractivity contribution in [3.8, 4) is 0 Å². The summed E-state index contributed by atoms with van der Waals surface area (Å²) in [4.78, 5) is 44.6. The van der Waals surface area contributed by atoms with Gasteiger partial charge in [0.1, 0.15) is 5.82 Å². The Morgan fingerprint density at radius 2 is 1.91 bits per heavy atom. The van der Waals surface area contributed by atoms with Crippen molar-refractivity contribution in [2.24, 2.45) is 0 Å². The average molecular weight is 461 g/mol. The van der Waals surface area contributed by atoms with Gasteiger partial charge in [0.05, 0.1) is 10.5 Å². The first-order valence-electron chi connectivity index (χ1n) is 10.6. The van der Waals surface area contributed by atoms with Gasteiger partial charge in [-0.3, -0.25) is 19.7 Å². The zero-order chi connectivity index (χ0) is 22.9. The molecular weight excluding hydrogens is 440 g/mol. The number of allylic oxidation sites excluding steroid dienone is 2. The molecule has 1 aliphatic carbocycles. The van der Waals surface area contributed by atoms with E-state index in [-0.39, 0.29) is 17.0 Å². The van der Waals surface area contributed by atoms with Gasteiger partial charge in [-0.1, -0.05) is 54.2 Å². The minimum absolute atomic E-state index is 0.0483. The summed E-state index contributed by atoms with van der Waals surface area (Å²) < 4.78 is 0. The molecule has 0 unspecified atom stereocenters. The molecule has 2 aromatic carbocycles. The first kappa shape index (κ1) is 21.1. The number of ketones is 1. The third-order valence-corrected chi connectivity index (χ3v) is 6.81. The van der Waals surface area contributed by atoms with E-state index < -0.39 is 10.8 Å². The maximum absolute atomic E-state index is 13.3. The van der Waals surface area contributed by atoms with Crippen molar-refractivity contribution in [1.29, 1.82) is 0 Å². The lowest BCUT2D eigenvalue weighted by atomic mass is 9.76. The normalized spacial score (nSPS) is 17.2. The largest absolute Gasteiger partial charge is 0.343 e. The van der Waals surface area contributed by atoms with Crippen LogP contribution < -0.4 is 10.9 Å². The summed E-state index contributed by atoms with van der Waals surface area (Å²) in [6.45, 7) is 0. The number of nitrogens with one attached hydrogen (secondary N) is 2. The number of aromatic nitrogens is 2. The predicted molar refractivity (Wildman–Crippen MR) is 125 cm³/mol. The molecule has 1 aliphatic heterocycles. The van der Waals surface area contributed by atoms with Crippen molar-refractivity contribution in [2.45, 2.75) is 36.1 Å². The third kappa shape index (κ3) is 4.07. The number of H-pyrrole nitrogens is 1. The lowest BCUT2D eigenvalue weighted by Crippen LogP contribution is -2.32. The van der Waals surface area contributed by atoms with Crippen molar-refractivity contribution in [3.05, 3.63) is 103 Å². The van der Waals surface area contributed by atoms with E-state index in [1.165, 1.54) is 23.9 Å². The summed E-state index contributed by atoms with van der Waals surface area (Å²) in [6, 6.07) is 16.0. The van der Waals surface area contributed by atoms with Gasteiger partial charge in [-0.05, 0) is 24.0 Å². The minimum atomic E-state index is -0.701. The number of rotatable bonds is 5. The molecule has 0 fully saturated rings. The summed E-state index contributed by atoms with van der Waals surface area (Å²) in [5, 5.41) is 15.1. The number of nitro benzene ring substituents is 1. The third-order valence-electron chi connectivity index (χ3n) is 5.87. The molecule has 0 amide bonds. The molecule has 0 bridgehead atoms. The standard InChI is InChI=1S/C24H20N4O4S/c29-18-11-5-10-17-20(18)19(15-8-4-9-16(12-15)28(31)32)21-22(25-17)26-24(27-23(21)30)33-13-14-6-2-1-3-7-14/h1-4,6-9,12,19H,5,10-11,13H2,(H2,25,26,27,30)/t19-/m0/s1. The fourth-order valence-corrected chi connectivity index (χ4v) is 5.20. The number of nitro groups is 1. The number of fused-ring (bicyclic) bond motifs is 1. The zero-order valence-corrected chi connectivity index (χ0v) is 18.4. The first-order chi connectivity index (χ1) is 16.0. The summed E-state index contributed by atoms with van der Waals surface area (Å²) in [5.74, 6) is 0.295. The molecule has 2 aliphatic rings. The molecule has 0 radical (unpaired) electrons. The second kappa shape index (κ2) is 8.67. The van der Waals surface area contributed by atoms with Crippen molar-refractivity contribution >= 4 is 29.1 Å². The van der Waals surface area contributed by atoms with Crippen molar-refractivity contribution in [2.75, 3.05) is 5.32 Å². The van der Waals surface area contributed by atoms with E-state index in [1.807, 2.05) is 30.3 Å². The molecule has 0 spiro atoms. The highest BCUT2D eigenvalue weighted by molar-refractivity contribution is 7.98. The van der Waals surface area contributed by atoms with Crippen LogP contribution in [0.2, 0.25) is 0 Å². The van der Waals surface area contributed by atoms with Crippen molar-refractivity contribution < 1.29 is 9.72 Å². The molecule has 3 aromatic rings. The zero-order valence-electron chi connectivity index (χ0n) is 17.5. The molecule has 166 valence electrons. The summed E-state index contributed by atoms with van der Waals surface area (Å²) >= 11 is 1.41. The highest BCUT2D eigenvalue weighted by Crippen LogP contribution is 2.44. The van der Waals surface area contributed by atoms with Crippen LogP contribution in [0.3, 0.4) is 0 Å². The number of hydrogen-bond acceptors (Lipinski definition) is 7. The van der Waals surface area contributed by atoms with E-state index in [2.05, 4.69) is 15.3 Å². The SMILES string of the molecule is O=C1CCCC2=C1[C@H](c1cccc([N+](=O)[O-])c1)c1c(nc(SCc3ccccc3)[nH]c1=O)N2. The van der Waals surface area contributed by atoms with E-state index >= 15 is 0 Å².